The number of halogens is 4. The van der Waals surface area contributed by atoms with E-state index in [1.165, 1.54) is 6.07 Å². The van der Waals surface area contributed by atoms with E-state index in [0.29, 0.717) is 5.56 Å². The Hall–Kier alpha value is -1.10. The van der Waals surface area contributed by atoms with Gasteiger partial charge in [0.25, 0.3) is 0 Å². The molecule has 1 nitrogen and oxygen atoms in total. The maximum absolute atomic E-state index is 13.3. The van der Waals surface area contributed by atoms with Crippen molar-refractivity contribution < 1.29 is 17.6 Å². The Morgan fingerprint density at radius 3 is 2.06 bits per heavy atom. The first-order valence-electron chi connectivity index (χ1n) is 4.74. The van der Waals surface area contributed by atoms with E-state index in [1.807, 2.05) is 0 Å². The van der Waals surface area contributed by atoms with Crippen LogP contribution in [0.15, 0.2) is 18.2 Å². The Labute approximate surface area is 91.5 Å². The van der Waals surface area contributed by atoms with Crippen LogP contribution in [-0.4, -0.2) is 7.05 Å². The summed E-state index contributed by atoms with van der Waals surface area (Å²) < 4.78 is 50.2. The van der Waals surface area contributed by atoms with Gasteiger partial charge in [-0.25, -0.2) is 4.39 Å². The molecule has 0 unspecified atom stereocenters. The molecule has 0 saturated carbocycles. The van der Waals surface area contributed by atoms with Crippen molar-refractivity contribution in [2.45, 2.75) is 25.6 Å². The molecule has 1 aromatic carbocycles. The monoisotopic (exact) mass is 235 g/mol. The van der Waals surface area contributed by atoms with Crippen LogP contribution >= 0.6 is 0 Å². The van der Waals surface area contributed by atoms with Gasteiger partial charge in [-0.3, -0.25) is 0 Å². The van der Waals surface area contributed by atoms with Gasteiger partial charge in [0.1, 0.15) is 5.82 Å². The molecule has 0 aliphatic carbocycles. The van der Waals surface area contributed by atoms with Gasteiger partial charge in [-0.05, 0) is 38.6 Å². The van der Waals surface area contributed by atoms with Crippen LogP contribution in [0.3, 0.4) is 0 Å². The molecule has 0 heterocycles. The number of benzene rings is 1. The van der Waals surface area contributed by atoms with Crippen molar-refractivity contribution in [2.24, 2.45) is 0 Å². The summed E-state index contributed by atoms with van der Waals surface area (Å²) in [4.78, 5) is 0. The van der Waals surface area contributed by atoms with Crippen molar-refractivity contribution in [3.63, 3.8) is 0 Å². The second-order valence-electron chi connectivity index (χ2n) is 4.07. The lowest BCUT2D eigenvalue weighted by Crippen LogP contribution is -2.33. The quantitative estimate of drug-likeness (QED) is 0.775. The summed E-state index contributed by atoms with van der Waals surface area (Å²) in [5.74, 6) is -1.24. The number of hydrogen-bond donors (Lipinski definition) is 1. The average Bonchev–Trinajstić information content (AvgIpc) is 2.15. The second-order valence-corrected chi connectivity index (χ2v) is 4.07. The second kappa shape index (κ2) is 4.05. The molecular formula is C11H13F4N. The van der Waals surface area contributed by atoms with Gasteiger partial charge in [-0.1, -0.05) is 6.07 Å². The van der Waals surface area contributed by atoms with Crippen LogP contribution in [0.25, 0.3) is 0 Å². The van der Waals surface area contributed by atoms with E-state index in [1.54, 1.807) is 20.9 Å². The number of nitrogens with one attached hydrogen (secondary N) is 1. The summed E-state index contributed by atoms with van der Waals surface area (Å²) in [6.07, 6.45) is -4.65. The van der Waals surface area contributed by atoms with Crippen LogP contribution in [0.4, 0.5) is 17.6 Å². The maximum atomic E-state index is 13.3. The van der Waals surface area contributed by atoms with Crippen molar-refractivity contribution in [1.82, 2.24) is 5.32 Å². The minimum atomic E-state index is -4.65. The van der Waals surface area contributed by atoms with Gasteiger partial charge in [0.05, 0.1) is 5.56 Å². The molecule has 0 aliphatic heterocycles. The lowest BCUT2D eigenvalue weighted by molar-refractivity contribution is -0.140. The van der Waals surface area contributed by atoms with Crippen molar-refractivity contribution in [3.05, 3.63) is 35.1 Å². The summed E-state index contributed by atoms with van der Waals surface area (Å²) in [6.45, 7) is 3.52. The third kappa shape index (κ3) is 2.52. The van der Waals surface area contributed by atoms with E-state index in [9.17, 15) is 17.6 Å². The molecule has 0 amide bonds. The molecule has 0 saturated heterocycles. The topological polar surface area (TPSA) is 12.0 Å². The molecule has 0 aromatic heterocycles. The Bertz CT molecular complexity index is 382. The lowest BCUT2D eigenvalue weighted by Gasteiger charge is -2.25. The molecule has 0 atom stereocenters. The van der Waals surface area contributed by atoms with Gasteiger partial charge in [0.2, 0.25) is 0 Å². The molecule has 0 radical (unpaired) electrons. The van der Waals surface area contributed by atoms with E-state index < -0.39 is 23.1 Å². The van der Waals surface area contributed by atoms with E-state index in [2.05, 4.69) is 5.32 Å². The van der Waals surface area contributed by atoms with E-state index in [0.717, 1.165) is 12.1 Å². The lowest BCUT2D eigenvalue weighted by atomic mass is 9.93. The fourth-order valence-electron chi connectivity index (χ4n) is 1.28. The van der Waals surface area contributed by atoms with Crippen LogP contribution in [0.1, 0.15) is 25.0 Å². The zero-order chi connectivity index (χ0) is 12.6. The highest BCUT2D eigenvalue weighted by Crippen LogP contribution is 2.33. The molecule has 1 aromatic rings. The first-order chi connectivity index (χ1) is 7.18. The third-order valence-corrected chi connectivity index (χ3v) is 2.62. The smallest absolute Gasteiger partial charge is 0.311 e. The predicted octanol–water partition coefficient (Wildman–Crippen LogP) is 3.30. The van der Waals surface area contributed by atoms with E-state index >= 15 is 0 Å². The van der Waals surface area contributed by atoms with Gasteiger partial charge in [-0.2, -0.15) is 13.2 Å². The van der Waals surface area contributed by atoms with Crippen molar-refractivity contribution in [2.75, 3.05) is 7.05 Å². The molecule has 16 heavy (non-hydrogen) atoms. The Morgan fingerprint density at radius 1 is 1.12 bits per heavy atom. The largest absolute Gasteiger partial charge is 0.419 e. The fraction of sp³-hybridized carbons (Fsp3) is 0.455. The molecule has 1 N–H and O–H groups in total. The Kier molecular flexibility index (Phi) is 3.28. The molecule has 0 bridgehead atoms. The van der Waals surface area contributed by atoms with Gasteiger partial charge in [-0.15, -0.1) is 0 Å². The van der Waals surface area contributed by atoms with Crippen LogP contribution in [0, 0.1) is 5.82 Å². The summed E-state index contributed by atoms with van der Waals surface area (Å²) in [7, 11) is 1.66. The summed E-state index contributed by atoms with van der Waals surface area (Å²) in [5.41, 5.74) is -1.33. The number of hydrogen-bond acceptors (Lipinski definition) is 1. The number of alkyl halides is 3. The average molecular weight is 235 g/mol. The third-order valence-electron chi connectivity index (χ3n) is 2.62. The minimum Gasteiger partial charge on any atom is -0.311 e. The van der Waals surface area contributed by atoms with Crippen molar-refractivity contribution >= 4 is 0 Å². The minimum absolute atomic E-state index is 0.473. The highest BCUT2D eigenvalue weighted by atomic mass is 19.4. The molecule has 90 valence electrons. The van der Waals surface area contributed by atoms with Crippen LogP contribution in [-0.2, 0) is 11.7 Å². The summed E-state index contributed by atoms with van der Waals surface area (Å²) in [6, 6.07) is 2.96. The SMILES string of the molecule is CNC(C)(C)c1ccc(C(F)(F)F)c(F)c1. The highest BCUT2D eigenvalue weighted by Gasteiger charge is 2.34. The molecule has 0 fully saturated rings. The number of rotatable bonds is 2. The first-order valence-corrected chi connectivity index (χ1v) is 4.74. The fourth-order valence-corrected chi connectivity index (χ4v) is 1.28. The predicted molar refractivity (Wildman–Crippen MR) is 53.5 cm³/mol. The standard InChI is InChI=1S/C11H13F4N/c1-10(2,16-3)7-4-5-8(9(12)6-7)11(13,14)15/h4-6,16H,1-3H3. The Balaban J connectivity index is 3.20. The van der Waals surface area contributed by atoms with E-state index in [-0.39, 0.29) is 0 Å². The van der Waals surface area contributed by atoms with Crippen LogP contribution in [0.2, 0.25) is 0 Å². The maximum Gasteiger partial charge on any atom is 0.419 e. The van der Waals surface area contributed by atoms with Crippen molar-refractivity contribution in [3.8, 4) is 0 Å². The molecular weight excluding hydrogens is 222 g/mol. The normalized spacial score (nSPS) is 12.9. The van der Waals surface area contributed by atoms with Crippen LogP contribution in [0.5, 0.6) is 0 Å². The van der Waals surface area contributed by atoms with Gasteiger partial charge in [0, 0.05) is 5.54 Å². The highest BCUT2D eigenvalue weighted by molar-refractivity contribution is 5.30. The van der Waals surface area contributed by atoms with E-state index in [4.69, 9.17) is 0 Å². The van der Waals surface area contributed by atoms with Gasteiger partial charge < -0.3 is 5.32 Å². The zero-order valence-electron chi connectivity index (χ0n) is 9.24. The van der Waals surface area contributed by atoms with Crippen LogP contribution < -0.4 is 5.32 Å². The van der Waals surface area contributed by atoms with Gasteiger partial charge in [0.15, 0.2) is 0 Å². The molecule has 1 rings (SSSR count). The summed E-state index contributed by atoms with van der Waals surface area (Å²) >= 11 is 0. The van der Waals surface area contributed by atoms with Crippen molar-refractivity contribution in [1.29, 1.82) is 0 Å². The molecule has 5 heteroatoms. The first kappa shape index (κ1) is 13.0. The molecule has 0 spiro atoms. The van der Waals surface area contributed by atoms with Gasteiger partial charge >= 0.3 is 6.18 Å². The summed E-state index contributed by atoms with van der Waals surface area (Å²) in [5, 5.41) is 2.90. The zero-order valence-corrected chi connectivity index (χ0v) is 9.24. The Morgan fingerprint density at radius 2 is 1.69 bits per heavy atom. The molecule has 0 aliphatic rings.